The first-order chi connectivity index (χ1) is 14.5. The summed E-state index contributed by atoms with van der Waals surface area (Å²) in [6.45, 7) is 1.70. The summed E-state index contributed by atoms with van der Waals surface area (Å²) in [5, 5.41) is 23.2. The van der Waals surface area contributed by atoms with E-state index in [0.29, 0.717) is 22.8 Å². The van der Waals surface area contributed by atoms with Crippen LogP contribution < -0.4 is 4.74 Å². The van der Waals surface area contributed by atoms with Crippen LogP contribution in [0.25, 0.3) is 10.9 Å². The third-order valence-electron chi connectivity index (χ3n) is 4.77. The third-order valence-corrected chi connectivity index (χ3v) is 5.03. The lowest BCUT2D eigenvalue weighted by molar-refractivity contribution is 0.0962. The number of nitrogens with zero attached hydrogens (tertiary/aromatic N) is 2. The minimum absolute atomic E-state index is 0.157. The lowest BCUT2D eigenvalue weighted by Gasteiger charge is -2.08. The maximum Gasteiger partial charge on any atom is 0.262 e. The Hall–Kier alpha value is -2.87. The summed E-state index contributed by atoms with van der Waals surface area (Å²) in [5.74, 6) is 0.528. The Kier molecular flexibility index (Phi) is 7.10. The molecule has 0 spiro atoms. The van der Waals surface area contributed by atoms with Crippen LogP contribution in [0.5, 0.6) is 5.75 Å². The van der Waals surface area contributed by atoms with Gasteiger partial charge >= 0.3 is 0 Å². The fraction of sp³-hybridized carbons (Fsp3) is 0.273. The Balaban J connectivity index is 1.95. The van der Waals surface area contributed by atoms with E-state index in [1.807, 2.05) is 25.1 Å². The zero-order valence-electron chi connectivity index (χ0n) is 16.7. The van der Waals surface area contributed by atoms with E-state index in [0.717, 1.165) is 28.4 Å². The van der Waals surface area contributed by atoms with Crippen molar-refractivity contribution in [3.8, 4) is 5.75 Å². The number of carbonyl (C=O) groups excluding carboxylic acids is 1. The van der Waals surface area contributed by atoms with Crippen LogP contribution in [-0.2, 0) is 11.3 Å². The second kappa shape index (κ2) is 9.75. The first-order valence-electron chi connectivity index (χ1n) is 9.38. The van der Waals surface area contributed by atoms with Gasteiger partial charge in [0.1, 0.15) is 18.5 Å². The molecule has 3 rings (SSSR count). The van der Waals surface area contributed by atoms with Gasteiger partial charge in [-0.1, -0.05) is 16.8 Å². The number of fused-ring (bicyclic) bond motifs is 1. The predicted octanol–water partition coefficient (Wildman–Crippen LogP) is 3.20. The van der Waals surface area contributed by atoms with Crippen molar-refractivity contribution in [2.45, 2.75) is 19.4 Å². The summed E-state index contributed by atoms with van der Waals surface area (Å²) in [5.41, 5.74) is 3.02. The molecule has 0 radical (unpaired) electrons. The Morgan fingerprint density at radius 2 is 2.00 bits per heavy atom. The lowest BCUT2D eigenvalue weighted by atomic mass is 10.1. The zero-order chi connectivity index (χ0) is 21.7. The van der Waals surface area contributed by atoms with Gasteiger partial charge in [0.25, 0.3) is 5.91 Å². The Bertz CT molecular complexity index is 1060. The van der Waals surface area contributed by atoms with Gasteiger partial charge in [-0.05, 0) is 55.0 Å². The van der Waals surface area contributed by atoms with Crippen LogP contribution in [0.2, 0.25) is 5.02 Å². The Morgan fingerprint density at radius 1 is 1.27 bits per heavy atom. The molecule has 0 aliphatic rings. The molecular weight excluding hydrogens is 408 g/mol. The van der Waals surface area contributed by atoms with Gasteiger partial charge in [0, 0.05) is 28.1 Å². The minimum atomic E-state index is -1.06. The van der Waals surface area contributed by atoms with Crippen LogP contribution in [0.1, 0.15) is 21.6 Å². The first-order valence-corrected chi connectivity index (χ1v) is 9.76. The molecule has 1 atom stereocenters. The Morgan fingerprint density at radius 3 is 2.67 bits per heavy atom. The van der Waals surface area contributed by atoms with E-state index in [-0.39, 0.29) is 12.5 Å². The number of halogens is 1. The second-order valence-corrected chi connectivity index (χ2v) is 7.12. The van der Waals surface area contributed by atoms with Gasteiger partial charge < -0.3 is 19.8 Å². The highest BCUT2D eigenvalue weighted by molar-refractivity contribution is 6.30. The second-order valence-electron chi connectivity index (χ2n) is 6.68. The molecule has 0 saturated carbocycles. The number of aliphatic hydroxyl groups is 2. The van der Waals surface area contributed by atoms with Crippen LogP contribution >= 0.6 is 11.6 Å². The van der Waals surface area contributed by atoms with E-state index in [1.165, 1.54) is 0 Å². The van der Waals surface area contributed by atoms with E-state index in [4.69, 9.17) is 26.3 Å². The average molecular weight is 431 g/mol. The molecule has 0 amide bonds. The SMILES string of the molecule is COc1ccc2c(c1)c(CCON=CC(O)CO)c(C)n2C(=O)c1ccc(Cl)cc1. The van der Waals surface area contributed by atoms with Crippen molar-refractivity contribution >= 4 is 34.6 Å². The highest BCUT2D eigenvalue weighted by Gasteiger charge is 2.20. The molecule has 2 aromatic carbocycles. The maximum absolute atomic E-state index is 13.2. The fourth-order valence-electron chi connectivity index (χ4n) is 3.25. The van der Waals surface area contributed by atoms with Crippen LogP contribution in [0.15, 0.2) is 47.6 Å². The van der Waals surface area contributed by atoms with Crippen molar-refractivity contribution in [3.05, 3.63) is 64.3 Å². The maximum atomic E-state index is 13.2. The summed E-state index contributed by atoms with van der Waals surface area (Å²) < 4.78 is 7.02. The molecule has 0 bridgehead atoms. The number of aromatic nitrogens is 1. The number of ether oxygens (including phenoxy) is 1. The van der Waals surface area contributed by atoms with Crippen molar-refractivity contribution in [2.24, 2.45) is 5.16 Å². The molecule has 1 heterocycles. The third kappa shape index (κ3) is 4.64. The highest BCUT2D eigenvalue weighted by atomic mass is 35.5. The van der Waals surface area contributed by atoms with Gasteiger partial charge in [-0.3, -0.25) is 9.36 Å². The number of oxime groups is 1. The predicted molar refractivity (Wildman–Crippen MR) is 116 cm³/mol. The summed E-state index contributed by atoms with van der Waals surface area (Å²) in [6, 6.07) is 12.3. The molecule has 7 nitrogen and oxygen atoms in total. The standard InChI is InChI=1S/C22H23ClN2O5/c1-14-19(9-10-30-24-12-17(27)13-26)20-11-18(29-2)7-8-21(20)25(14)22(28)15-3-5-16(23)6-4-15/h3-8,11-12,17,26-27H,9-10,13H2,1-2H3. The van der Waals surface area contributed by atoms with Gasteiger partial charge in [0.2, 0.25) is 0 Å². The summed E-state index contributed by atoms with van der Waals surface area (Å²) in [4.78, 5) is 18.4. The normalized spacial score (nSPS) is 12.4. The number of rotatable bonds is 8. The molecule has 2 N–H and O–H groups in total. The fourth-order valence-corrected chi connectivity index (χ4v) is 3.38. The largest absolute Gasteiger partial charge is 0.497 e. The van der Waals surface area contributed by atoms with Gasteiger partial charge in [-0.25, -0.2) is 0 Å². The van der Waals surface area contributed by atoms with E-state index in [2.05, 4.69) is 5.16 Å². The van der Waals surface area contributed by atoms with Crippen LogP contribution in [0.3, 0.4) is 0 Å². The number of carbonyl (C=O) groups is 1. The van der Waals surface area contributed by atoms with E-state index >= 15 is 0 Å². The molecule has 0 aliphatic heterocycles. The summed E-state index contributed by atoms with van der Waals surface area (Å²) in [7, 11) is 1.59. The smallest absolute Gasteiger partial charge is 0.262 e. The topological polar surface area (TPSA) is 93.3 Å². The molecule has 0 saturated heterocycles. The number of methoxy groups -OCH3 is 1. The van der Waals surface area contributed by atoms with Crippen molar-refractivity contribution in [1.29, 1.82) is 0 Å². The van der Waals surface area contributed by atoms with E-state index in [1.54, 1.807) is 35.9 Å². The molecule has 1 unspecified atom stereocenters. The number of benzene rings is 2. The van der Waals surface area contributed by atoms with Gasteiger partial charge in [-0.2, -0.15) is 0 Å². The average Bonchev–Trinajstić information content (AvgIpc) is 3.03. The molecule has 1 aromatic heterocycles. The Labute approximate surface area is 179 Å². The van der Waals surface area contributed by atoms with Crippen molar-refractivity contribution in [2.75, 3.05) is 20.3 Å². The molecule has 30 heavy (non-hydrogen) atoms. The molecule has 8 heteroatoms. The van der Waals surface area contributed by atoms with Crippen molar-refractivity contribution in [1.82, 2.24) is 4.57 Å². The number of aliphatic hydroxyl groups excluding tert-OH is 2. The van der Waals surface area contributed by atoms with Crippen molar-refractivity contribution in [3.63, 3.8) is 0 Å². The molecule has 0 aliphatic carbocycles. The van der Waals surface area contributed by atoms with Gasteiger partial charge in [-0.15, -0.1) is 0 Å². The first kappa shape index (κ1) is 21.8. The molecule has 3 aromatic rings. The number of hydrogen-bond donors (Lipinski definition) is 2. The quantitative estimate of drug-likeness (QED) is 0.325. The zero-order valence-corrected chi connectivity index (χ0v) is 17.5. The highest BCUT2D eigenvalue weighted by Crippen LogP contribution is 2.30. The van der Waals surface area contributed by atoms with E-state index < -0.39 is 12.7 Å². The van der Waals surface area contributed by atoms with Gasteiger partial charge in [0.05, 0.1) is 25.4 Å². The minimum Gasteiger partial charge on any atom is -0.497 e. The van der Waals surface area contributed by atoms with Crippen molar-refractivity contribution < 1.29 is 24.6 Å². The van der Waals surface area contributed by atoms with Gasteiger partial charge in [0.15, 0.2) is 0 Å². The molecule has 0 fully saturated rings. The van der Waals surface area contributed by atoms with Crippen LogP contribution in [0, 0.1) is 6.92 Å². The summed E-state index contributed by atoms with van der Waals surface area (Å²) >= 11 is 5.95. The lowest BCUT2D eigenvalue weighted by Crippen LogP contribution is -2.14. The van der Waals surface area contributed by atoms with Crippen LogP contribution in [-0.4, -0.2) is 53.3 Å². The van der Waals surface area contributed by atoms with E-state index in [9.17, 15) is 9.90 Å². The molecule has 158 valence electrons. The monoisotopic (exact) mass is 430 g/mol. The molecular formula is C22H23ClN2O5. The summed E-state index contributed by atoms with van der Waals surface area (Å²) in [6.07, 6.45) is 0.557. The number of hydrogen-bond acceptors (Lipinski definition) is 6. The van der Waals surface area contributed by atoms with Crippen LogP contribution in [0.4, 0.5) is 0 Å².